The fourth-order valence-electron chi connectivity index (χ4n) is 1.95. The molecule has 6 heteroatoms. The lowest BCUT2D eigenvalue weighted by molar-refractivity contribution is -0.114. The molecule has 0 aliphatic rings. The monoisotopic (exact) mass is 304 g/mol. The quantitative estimate of drug-likeness (QED) is 0.847. The second-order valence-electron chi connectivity index (χ2n) is 4.81. The summed E-state index contributed by atoms with van der Waals surface area (Å²) in [5, 5.41) is 6.51. The number of anilines is 2. The molecule has 0 aliphatic carbocycles. The first-order valence-corrected chi connectivity index (χ1v) is 6.96. The molecule has 21 heavy (non-hydrogen) atoms. The molecule has 0 saturated heterocycles. The number of carbonyl (C=O) groups excluding carboxylic acids is 1. The van der Waals surface area contributed by atoms with Crippen molar-refractivity contribution >= 4 is 29.0 Å². The van der Waals surface area contributed by atoms with Crippen LogP contribution in [0.5, 0.6) is 0 Å². The third kappa shape index (κ3) is 3.92. The highest BCUT2D eigenvalue weighted by molar-refractivity contribution is 6.30. The number of hydrogen-bond acceptors (Lipinski definition) is 4. The summed E-state index contributed by atoms with van der Waals surface area (Å²) in [7, 11) is 0. The fraction of sp³-hybridized carbons (Fsp3) is 0.267. The van der Waals surface area contributed by atoms with Crippen LogP contribution in [0.4, 0.5) is 11.5 Å². The largest absolute Gasteiger partial charge is 0.363 e. The van der Waals surface area contributed by atoms with Crippen LogP contribution >= 0.6 is 11.6 Å². The predicted molar refractivity (Wildman–Crippen MR) is 84.6 cm³/mol. The van der Waals surface area contributed by atoms with Gasteiger partial charge in [0.25, 0.3) is 0 Å². The van der Waals surface area contributed by atoms with Gasteiger partial charge >= 0.3 is 0 Å². The van der Waals surface area contributed by atoms with Crippen molar-refractivity contribution in [3.8, 4) is 0 Å². The van der Waals surface area contributed by atoms with E-state index in [0.717, 1.165) is 16.8 Å². The molecule has 0 bridgehead atoms. The van der Waals surface area contributed by atoms with E-state index in [1.807, 2.05) is 38.1 Å². The Balaban J connectivity index is 2.18. The molecule has 1 heterocycles. The molecule has 0 spiro atoms. The highest BCUT2D eigenvalue weighted by atomic mass is 35.5. The van der Waals surface area contributed by atoms with Crippen molar-refractivity contribution in [3.63, 3.8) is 0 Å². The topological polar surface area (TPSA) is 66.9 Å². The lowest BCUT2D eigenvalue weighted by Crippen LogP contribution is -2.11. The first kappa shape index (κ1) is 15.3. The van der Waals surface area contributed by atoms with Gasteiger partial charge in [-0.15, -0.1) is 0 Å². The Morgan fingerprint density at radius 2 is 2.10 bits per heavy atom. The molecular weight excluding hydrogens is 288 g/mol. The number of nitrogens with zero attached hydrogens (tertiary/aromatic N) is 2. The van der Waals surface area contributed by atoms with Gasteiger partial charge in [-0.1, -0.05) is 23.7 Å². The van der Waals surface area contributed by atoms with Crippen LogP contribution in [0, 0.1) is 6.92 Å². The first-order valence-electron chi connectivity index (χ1n) is 6.58. The molecule has 0 saturated carbocycles. The number of benzene rings is 1. The SMILES string of the molecule is CC(=O)Nc1cccc(C(C)Nc2ncnc(Cl)c2C)c1. The van der Waals surface area contributed by atoms with Crippen LogP contribution in [0.1, 0.15) is 31.0 Å². The van der Waals surface area contributed by atoms with Gasteiger partial charge in [0.05, 0.1) is 6.04 Å². The number of amides is 1. The summed E-state index contributed by atoms with van der Waals surface area (Å²) in [4.78, 5) is 19.2. The van der Waals surface area contributed by atoms with Crippen LogP contribution in [0.2, 0.25) is 5.15 Å². The van der Waals surface area contributed by atoms with Gasteiger partial charge in [-0.25, -0.2) is 9.97 Å². The summed E-state index contributed by atoms with van der Waals surface area (Å²) < 4.78 is 0. The molecule has 1 atom stereocenters. The van der Waals surface area contributed by atoms with Crippen LogP contribution < -0.4 is 10.6 Å². The Morgan fingerprint density at radius 3 is 2.81 bits per heavy atom. The van der Waals surface area contributed by atoms with E-state index < -0.39 is 0 Å². The van der Waals surface area contributed by atoms with Gasteiger partial charge in [-0.3, -0.25) is 4.79 Å². The van der Waals surface area contributed by atoms with Crippen molar-refractivity contribution in [1.29, 1.82) is 0 Å². The van der Waals surface area contributed by atoms with E-state index in [1.165, 1.54) is 13.3 Å². The molecule has 110 valence electrons. The average molecular weight is 305 g/mol. The van der Waals surface area contributed by atoms with Crippen molar-refractivity contribution in [1.82, 2.24) is 9.97 Å². The summed E-state index contributed by atoms with van der Waals surface area (Å²) in [6, 6.07) is 7.69. The smallest absolute Gasteiger partial charge is 0.221 e. The summed E-state index contributed by atoms with van der Waals surface area (Å²) >= 11 is 5.99. The maximum atomic E-state index is 11.1. The first-order chi connectivity index (χ1) is 9.97. The average Bonchev–Trinajstić information content (AvgIpc) is 2.43. The molecule has 0 radical (unpaired) electrons. The molecule has 1 aromatic carbocycles. The third-order valence-electron chi connectivity index (χ3n) is 3.08. The number of carbonyl (C=O) groups is 1. The minimum atomic E-state index is -0.0915. The van der Waals surface area contributed by atoms with Gasteiger partial charge in [0.15, 0.2) is 0 Å². The van der Waals surface area contributed by atoms with Crippen LogP contribution in [-0.2, 0) is 4.79 Å². The van der Waals surface area contributed by atoms with Gasteiger partial charge in [-0.2, -0.15) is 0 Å². The van der Waals surface area contributed by atoms with E-state index >= 15 is 0 Å². The Kier molecular flexibility index (Phi) is 4.75. The minimum absolute atomic E-state index is 0.0170. The summed E-state index contributed by atoms with van der Waals surface area (Å²) in [5.41, 5.74) is 2.62. The maximum Gasteiger partial charge on any atom is 0.221 e. The zero-order chi connectivity index (χ0) is 15.4. The normalized spacial score (nSPS) is 11.8. The lowest BCUT2D eigenvalue weighted by atomic mass is 10.1. The van der Waals surface area contributed by atoms with Crippen molar-refractivity contribution in [3.05, 3.63) is 46.9 Å². The highest BCUT2D eigenvalue weighted by Gasteiger charge is 2.10. The number of aromatic nitrogens is 2. The molecule has 2 rings (SSSR count). The van der Waals surface area contributed by atoms with Crippen LogP contribution in [0.3, 0.4) is 0 Å². The van der Waals surface area contributed by atoms with E-state index in [9.17, 15) is 4.79 Å². The molecule has 0 fully saturated rings. The minimum Gasteiger partial charge on any atom is -0.363 e. The van der Waals surface area contributed by atoms with Gasteiger partial charge in [-0.05, 0) is 31.5 Å². The second kappa shape index (κ2) is 6.54. The Morgan fingerprint density at radius 1 is 1.33 bits per heavy atom. The van der Waals surface area contributed by atoms with Crippen molar-refractivity contribution in [2.45, 2.75) is 26.8 Å². The predicted octanol–water partition coefficient (Wildman–Crippen LogP) is 3.57. The summed E-state index contributed by atoms with van der Waals surface area (Å²) in [6.45, 7) is 5.37. The van der Waals surface area contributed by atoms with E-state index in [4.69, 9.17) is 11.6 Å². The van der Waals surface area contributed by atoms with E-state index in [-0.39, 0.29) is 11.9 Å². The number of rotatable bonds is 4. The molecule has 1 amide bonds. The molecule has 1 aromatic heterocycles. The standard InChI is InChI=1S/C15H17ClN4O/c1-9-14(16)17-8-18-15(9)19-10(2)12-5-4-6-13(7-12)20-11(3)21/h4-8,10H,1-3H3,(H,20,21)(H,17,18,19). The van der Waals surface area contributed by atoms with Crippen molar-refractivity contribution in [2.24, 2.45) is 0 Å². The molecule has 5 nitrogen and oxygen atoms in total. The van der Waals surface area contributed by atoms with E-state index in [0.29, 0.717) is 11.0 Å². The van der Waals surface area contributed by atoms with Crippen LogP contribution in [0.25, 0.3) is 0 Å². The summed E-state index contributed by atoms with van der Waals surface area (Å²) in [6.07, 6.45) is 1.43. The summed E-state index contributed by atoms with van der Waals surface area (Å²) in [5.74, 6) is 0.610. The van der Waals surface area contributed by atoms with E-state index in [1.54, 1.807) is 0 Å². The van der Waals surface area contributed by atoms with Crippen molar-refractivity contribution in [2.75, 3.05) is 10.6 Å². The number of nitrogens with one attached hydrogen (secondary N) is 2. The zero-order valence-electron chi connectivity index (χ0n) is 12.1. The number of halogens is 1. The van der Waals surface area contributed by atoms with Gasteiger partial charge < -0.3 is 10.6 Å². The second-order valence-corrected chi connectivity index (χ2v) is 5.17. The molecule has 1 unspecified atom stereocenters. The van der Waals surface area contributed by atoms with Gasteiger partial charge in [0, 0.05) is 18.2 Å². The molecule has 2 N–H and O–H groups in total. The Hall–Kier alpha value is -2.14. The van der Waals surface area contributed by atoms with Gasteiger partial charge in [0.1, 0.15) is 17.3 Å². The highest BCUT2D eigenvalue weighted by Crippen LogP contribution is 2.24. The fourth-order valence-corrected chi connectivity index (χ4v) is 2.08. The van der Waals surface area contributed by atoms with E-state index in [2.05, 4.69) is 20.6 Å². The van der Waals surface area contributed by atoms with Crippen LogP contribution in [-0.4, -0.2) is 15.9 Å². The molecule has 0 aliphatic heterocycles. The zero-order valence-corrected chi connectivity index (χ0v) is 12.9. The third-order valence-corrected chi connectivity index (χ3v) is 3.46. The van der Waals surface area contributed by atoms with Crippen LogP contribution in [0.15, 0.2) is 30.6 Å². The number of hydrogen-bond donors (Lipinski definition) is 2. The Labute approximate surface area is 128 Å². The maximum absolute atomic E-state index is 11.1. The molecule has 2 aromatic rings. The van der Waals surface area contributed by atoms with Gasteiger partial charge in [0.2, 0.25) is 5.91 Å². The van der Waals surface area contributed by atoms with Crippen molar-refractivity contribution < 1.29 is 4.79 Å². The lowest BCUT2D eigenvalue weighted by Gasteiger charge is -2.17. The Bertz CT molecular complexity index is 660. The molecular formula is C15H17ClN4O.